The van der Waals surface area contributed by atoms with Crippen LogP contribution in [0.15, 0.2) is 53.6 Å². The number of thiocarbonyl (C=S) groups is 1. The van der Waals surface area contributed by atoms with Crippen LogP contribution in [0.1, 0.15) is 16.7 Å². The summed E-state index contributed by atoms with van der Waals surface area (Å²) in [5, 5.41) is 7.35. The van der Waals surface area contributed by atoms with E-state index in [1.165, 1.54) is 11.1 Å². The molecule has 114 valence electrons. The van der Waals surface area contributed by atoms with E-state index in [4.69, 9.17) is 17.0 Å². The van der Waals surface area contributed by atoms with Crippen LogP contribution in [0.5, 0.6) is 5.75 Å². The standard InChI is InChI=1S/C17H19N3OS/c1-13-7-3-4-9-15(13)12-21-16-10-6-5-8-14(16)11-19-20-17(22)18-2/h3-11H,12H2,1-2H3,(H2,18,20,22)/b19-11+. The van der Waals surface area contributed by atoms with Gasteiger partial charge in [0.25, 0.3) is 0 Å². The Morgan fingerprint density at radius 3 is 2.68 bits per heavy atom. The molecule has 0 unspecified atom stereocenters. The van der Waals surface area contributed by atoms with Crippen LogP contribution in [0.25, 0.3) is 0 Å². The van der Waals surface area contributed by atoms with Crippen molar-refractivity contribution < 1.29 is 4.74 Å². The van der Waals surface area contributed by atoms with Gasteiger partial charge >= 0.3 is 0 Å². The molecule has 0 saturated carbocycles. The second kappa shape index (κ2) is 8.14. The van der Waals surface area contributed by atoms with Gasteiger partial charge in [-0.05, 0) is 42.4 Å². The van der Waals surface area contributed by atoms with E-state index in [0.29, 0.717) is 11.7 Å². The number of rotatable bonds is 5. The maximum atomic E-state index is 5.92. The summed E-state index contributed by atoms with van der Waals surface area (Å²) in [6.45, 7) is 2.61. The minimum absolute atomic E-state index is 0.467. The van der Waals surface area contributed by atoms with Crippen LogP contribution in [0.3, 0.4) is 0 Å². The molecule has 0 saturated heterocycles. The fraction of sp³-hybridized carbons (Fsp3) is 0.176. The van der Waals surface area contributed by atoms with E-state index in [9.17, 15) is 0 Å². The lowest BCUT2D eigenvalue weighted by Crippen LogP contribution is -2.28. The Morgan fingerprint density at radius 1 is 1.18 bits per heavy atom. The Labute approximate surface area is 136 Å². The second-order valence-electron chi connectivity index (χ2n) is 4.70. The monoisotopic (exact) mass is 313 g/mol. The van der Waals surface area contributed by atoms with E-state index in [1.54, 1.807) is 13.3 Å². The van der Waals surface area contributed by atoms with Crippen molar-refractivity contribution in [3.63, 3.8) is 0 Å². The third kappa shape index (κ3) is 4.56. The molecule has 5 heteroatoms. The molecule has 0 aliphatic heterocycles. The lowest BCUT2D eigenvalue weighted by Gasteiger charge is -2.10. The van der Waals surface area contributed by atoms with E-state index in [2.05, 4.69) is 34.9 Å². The first-order chi connectivity index (χ1) is 10.7. The van der Waals surface area contributed by atoms with Gasteiger partial charge in [0, 0.05) is 12.6 Å². The molecule has 2 rings (SSSR count). The predicted molar refractivity (Wildman–Crippen MR) is 94.3 cm³/mol. The van der Waals surface area contributed by atoms with Crippen molar-refractivity contribution in [3.05, 3.63) is 65.2 Å². The second-order valence-corrected chi connectivity index (χ2v) is 5.11. The summed E-state index contributed by atoms with van der Waals surface area (Å²) in [7, 11) is 1.74. The zero-order valence-electron chi connectivity index (χ0n) is 12.7. The van der Waals surface area contributed by atoms with Crippen molar-refractivity contribution in [2.45, 2.75) is 13.5 Å². The summed E-state index contributed by atoms with van der Waals surface area (Å²) in [6, 6.07) is 15.9. The highest BCUT2D eigenvalue weighted by molar-refractivity contribution is 7.80. The number of hydrogen-bond donors (Lipinski definition) is 2. The molecule has 0 fully saturated rings. The predicted octanol–water partition coefficient (Wildman–Crippen LogP) is 3.00. The van der Waals surface area contributed by atoms with Gasteiger partial charge in [-0.1, -0.05) is 36.4 Å². The molecule has 2 aromatic rings. The van der Waals surface area contributed by atoms with Crippen LogP contribution in [0.2, 0.25) is 0 Å². The molecular formula is C17H19N3OS. The number of hydrogen-bond acceptors (Lipinski definition) is 3. The number of ether oxygens (including phenoxy) is 1. The van der Waals surface area contributed by atoms with Gasteiger partial charge in [0.1, 0.15) is 12.4 Å². The molecule has 0 aromatic heterocycles. The number of aryl methyl sites for hydroxylation is 1. The zero-order valence-corrected chi connectivity index (χ0v) is 13.5. The van der Waals surface area contributed by atoms with Crippen LogP contribution in [0, 0.1) is 6.92 Å². The maximum Gasteiger partial charge on any atom is 0.186 e. The van der Waals surface area contributed by atoms with Gasteiger partial charge in [-0.2, -0.15) is 5.10 Å². The van der Waals surface area contributed by atoms with Crippen LogP contribution in [0.4, 0.5) is 0 Å². The Kier molecular flexibility index (Phi) is 5.91. The summed E-state index contributed by atoms with van der Waals surface area (Å²) in [4.78, 5) is 0. The first kappa shape index (κ1) is 16.0. The Morgan fingerprint density at radius 2 is 1.91 bits per heavy atom. The summed E-state index contributed by atoms with van der Waals surface area (Å²) >= 11 is 4.97. The number of para-hydroxylation sites is 1. The van der Waals surface area contributed by atoms with Gasteiger partial charge in [0.15, 0.2) is 5.11 Å². The maximum absolute atomic E-state index is 5.92. The van der Waals surface area contributed by atoms with Gasteiger partial charge < -0.3 is 10.1 Å². The number of nitrogens with zero attached hydrogens (tertiary/aromatic N) is 1. The zero-order chi connectivity index (χ0) is 15.8. The summed E-state index contributed by atoms with van der Waals surface area (Å²) in [5.41, 5.74) is 6.00. The fourth-order valence-electron chi connectivity index (χ4n) is 1.86. The van der Waals surface area contributed by atoms with Crippen LogP contribution in [-0.4, -0.2) is 18.4 Å². The molecule has 0 aliphatic rings. The minimum Gasteiger partial charge on any atom is -0.488 e. The van der Waals surface area contributed by atoms with Crippen molar-refractivity contribution in [1.82, 2.24) is 10.7 Å². The molecule has 2 N–H and O–H groups in total. The van der Waals surface area contributed by atoms with E-state index >= 15 is 0 Å². The fourth-order valence-corrected chi connectivity index (χ4v) is 1.92. The first-order valence-corrected chi connectivity index (χ1v) is 7.38. The molecule has 0 heterocycles. The molecule has 0 amide bonds. The normalized spacial score (nSPS) is 10.5. The molecule has 2 aromatic carbocycles. The van der Waals surface area contributed by atoms with Crippen molar-refractivity contribution in [1.29, 1.82) is 0 Å². The van der Waals surface area contributed by atoms with Crippen molar-refractivity contribution in [2.75, 3.05) is 7.05 Å². The Balaban J connectivity index is 2.05. The van der Waals surface area contributed by atoms with E-state index in [0.717, 1.165) is 11.3 Å². The lowest BCUT2D eigenvalue weighted by atomic mass is 10.1. The Hall–Kier alpha value is -2.40. The molecule has 0 atom stereocenters. The van der Waals surface area contributed by atoms with E-state index in [-0.39, 0.29) is 0 Å². The molecule has 0 radical (unpaired) electrons. The highest BCUT2D eigenvalue weighted by Gasteiger charge is 2.03. The molecule has 4 nitrogen and oxygen atoms in total. The largest absolute Gasteiger partial charge is 0.488 e. The SMILES string of the molecule is CNC(=S)N/N=C/c1ccccc1OCc1ccccc1C. The number of hydrazone groups is 1. The highest BCUT2D eigenvalue weighted by atomic mass is 32.1. The quantitative estimate of drug-likeness (QED) is 0.506. The third-order valence-electron chi connectivity index (χ3n) is 3.16. The molecule has 0 spiro atoms. The summed E-state index contributed by atoms with van der Waals surface area (Å²) in [6.07, 6.45) is 1.69. The minimum atomic E-state index is 0.467. The topological polar surface area (TPSA) is 45.7 Å². The van der Waals surface area contributed by atoms with Gasteiger partial charge in [0.05, 0.1) is 6.21 Å². The first-order valence-electron chi connectivity index (χ1n) is 6.98. The van der Waals surface area contributed by atoms with Gasteiger partial charge in [-0.25, -0.2) is 0 Å². The number of nitrogens with one attached hydrogen (secondary N) is 2. The van der Waals surface area contributed by atoms with Crippen LogP contribution >= 0.6 is 12.2 Å². The lowest BCUT2D eigenvalue weighted by molar-refractivity contribution is 0.305. The average Bonchev–Trinajstić information content (AvgIpc) is 2.55. The van der Waals surface area contributed by atoms with Crippen molar-refractivity contribution in [3.8, 4) is 5.75 Å². The summed E-state index contributed by atoms with van der Waals surface area (Å²) < 4.78 is 5.92. The number of benzene rings is 2. The Bertz CT molecular complexity index is 670. The van der Waals surface area contributed by atoms with Gasteiger partial charge in [-0.15, -0.1) is 0 Å². The molecule has 22 heavy (non-hydrogen) atoms. The average molecular weight is 313 g/mol. The molecule has 0 bridgehead atoms. The van der Waals surface area contributed by atoms with Crippen LogP contribution < -0.4 is 15.5 Å². The summed E-state index contributed by atoms with van der Waals surface area (Å²) in [5.74, 6) is 0.784. The molecule has 0 aliphatic carbocycles. The molecular weight excluding hydrogens is 294 g/mol. The van der Waals surface area contributed by atoms with Crippen molar-refractivity contribution >= 4 is 23.5 Å². The van der Waals surface area contributed by atoms with Gasteiger partial charge in [0.2, 0.25) is 0 Å². The van der Waals surface area contributed by atoms with E-state index in [1.807, 2.05) is 36.4 Å². The van der Waals surface area contributed by atoms with Crippen LogP contribution in [-0.2, 0) is 6.61 Å². The van der Waals surface area contributed by atoms with Crippen molar-refractivity contribution in [2.24, 2.45) is 5.10 Å². The smallest absolute Gasteiger partial charge is 0.186 e. The van der Waals surface area contributed by atoms with E-state index < -0.39 is 0 Å². The highest BCUT2D eigenvalue weighted by Crippen LogP contribution is 2.18. The van der Waals surface area contributed by atoms with Gasteiger partial charge in [-0.3, -0.25) is 5.43 Å². The third-order valence-corrected chi connectivity index (χ3v) is 3.46.